The van der Waals surface area contributed by atoms with Crippen molar-refractivity contribution < 1.29 is 13.6 Å². The minimum absolute atomic E-state index is 0.176. The largest absolute Gasteiger partial charge is 0.324 e. The number of benzene rings is 2. The number of aromatic nitrogens is 1. The number of carbonyl (C=O) groups is 1. The summed E-state index contributed by atoms with van der Waals surface area (Å²) in [5.74, 6) is -1.45. The van der Waals surface area contributed by atoms with Crippen molar-refractivity contribution in [2.75, 3.05) is 11.4 Å². The summed E-state index contributed by atoms with van der Waals surface area (Å²) in [4.78, 5) is 14.2. The van der Waals surface area contributed by atoms with Gasteiger partial charge in [0.1, 0.15) is 11.6 Å². The standard InChI is InChI=1S/C21H18F2N2O/c22-17-13-16-4-3-11-25(21(16)19(23)14-17)20(26)12-15-5-7-18(8-6-15)24-9-1-2-10-24/h1-2,5-10,13-14H,3-4,11-12H2. The predicted octanol–water partition coefficient (Wildman–Crippen LogP) is 4.28. The van der Waals surface area contributed by atoms with Crippen LogP contribution in [-0.4, -0.2) is 17.0 Å². The van der Waals surface area contributed by atoms with Crippen LogP contribution in [0.4, 0.5) is 14.5 Å². The van der Waals surface area contributed by atoms with Gasteiger partial charge in [0.05, 0.1) is 12.1 Å². The summed E-state index contributed by atoms with van der Waals surface area (Å²) in [5.41, 5.74) is 2.66. The minimum atomic E-state index is -0.670. The van der Waals surface area contributed by atoms with E-state index < -0.39 is 11.6 Å². The van der Waals surface area contributed by atoms with Crippen molar-refractivity contribution in [3.63, 3.8) is 0 Å². The number of aryl methyl sites for hydroxylation is 1. The molecule has 3 aromatic rings. The van der Waals surface area contributed by atoms with Gasteiger partial charge in [0.2, 0.25) is 5.91 Å². The van der Waals surface area contributed by atoms with Crippen LogP contribution < -0.4 is 4.90 Å². The normalized spacial score (nSPS) is 13.5. The Morgan fingerprint density at radius 3 is 2.50 bits per heavy atom. The van der Waals surface area contributed by atoms with Crippen LogP contribution in [0.5, 0.6) is 0 Å². The molecule has 1 aliphatic rings. The molecule has 5 heteroatoms. The van der Waals surface area contributed by atoms with E-state index in [9.17, 15) is 13.6 Å². The molecular formula is C21H18F2N2O. The van der Waals surface area contributed by atoms with Crippen molar-refractivity contribution in [3.05, 3.63) is 83.7 Å². The van der Waals surface area contributed by atoms with Gasteiger partial charge in [0.25, 0.3) is 0 Å². The molecule has 1 aliphatic heterocycles. The lowest BCUT2D eigenvalue weighted by Crippen LogP contribution is -2.37. The molecule has 3 nitrogen and oxygen atoms in total. The Labute approximate surface area is 150 Å². The van der Waals surface area contributed by atoms with Gasteiger partial charge in [-0.1, -0.05) is 12.1 Å². The lowest BCUT2D eigenvalue weighted by Gasteiger charge is -2.30. The van der Waals surface area contributed by atoms with Crippen molar-refractivity contribution in [2.45, 2.75) is 19.3 Å². The van der Waals surface area contributed by atoms with E-state index in [0.29, 0.717) is 24.9 Å². The van der Waals surface area contributed by atoms with Gasteiger partial charge in [0.15, 0.2) is 0 Å². The number of halogens is 2. The van der Waals surface area contributed by atoms with E-state index in [1.165, 1.54) is 11.0 Å². The van der Waals surface area contributed by atoms with Gasteiger partial charge >= 0.3 is 0 Å². The first-order valence-electron chi connectivity index (χ1n) is 8.62. The van der Waals surface area contributed by atoms with E-state index in [-0.39, 0.29) is 18.0 Å². The number of rotatable bonds is 3. The van der Waals surface area contributed by atoms with Gasteiger partial charge in [0, 0.05) is 30.7 Å². The first-order chi connectivity index (χ1) is 12.6. The summed E-state index contributed by atoms with van der Waals surface area (Å²) in [5, 5.41) is 0. The number of fused-ring (bicyclic) bond motifs is 1. The highest BCUT2D eigenvalue weighted by atomic mass is 19.1. The van der Waals surface area contributed by atoms with E-state index >= 15 is 0 Å². The zero-order chi connectivity index (χ0) is 18.1. The Morgan fingerprint density at radius 2 is 1.77 bits per heavy atom. The number of hydrogen-bond acceptors (Lipinski definition) is 1. The Bertz CT molecular complexity index is 933. The number of nitrogens with zero attached hydrogens (tertiary/aromatic N) is 2. The van der Waals surface area contributed by atoms with Crippen molar-refractivity contribution in [1.29, 1.82) is 0 Å². The Morgan fingerprint density at radius 1 is 1.04 bits per heavy atom. The molecule has 0 N–H and O–H groups in total. The van der Waals surface area contributed by atoms with Gasteiger partial charge in [-0.15, -0.1) is 0 Å². The molecule has 1 amide bonds. The summed E-state index contributed by atoms with van der Waals surface area (Å²) in [6.07, 6.45) is 5.37. The van der Waals surface area contributed by atoms with Crippen LogP contribution >= 0.6 is 0 Å². The van der Waals surface area contributed by atoms with Crippen molar-refractivity contribution in [3.8, 4) is 5.69 Å². The maximum absolute atomic E-state index is 14.3. The van der Waals surface area contributed by atoms with Crippen LogP contribution in [-0.2, 0) is 17.6 Å². The average Bonchev–Trinajstić information content (AvgIpc) is 3.16. The minimum Gasteiger partial charge on any atom is -0.324 e. The monoisotopic (exact) mass is 352 g/mol. The van der Waals surface area contributed by atoms with Crippen LogP contribution in [0.3, 0.4) is 0 Å². The Hall–Kier alpha value is -2.95. The highest BCUT2D eigenvalue weighted by molar-refractivity contribution is 5.96. The fraction of sp³-hybridized carbons (Fsp3) is 0.190. The Balaban J connectivity index is 1.55. The maximum Gasteiger partial charge on any atom is 0.231 e. The summed E-state index contributed by atoms with van der Waals surface area (Å²) in [6.45, 7) is 0.454. The molecule has 0 saturated heterocycles. The lowest BCUT2D eigenvalue weighted by atomic mass is 10.00. The smallest absolute Gasteiger partial charge is 0.231 e. The van der Waals surface area contributed by atoms with Crippen molar-refractivity contribution in [2.24, 2.45) is 0 Å². The van der Waals surface area contributed by atoms with Crippen LogP contribution in [0.1, 0.15) is 17.5 Å². The molecule has 0 saturated carbocycles. The predicted molar refractivity (Wildman–Crippen MR) is 96.5 cm³/mol. The number of carbonyl (C=O) groups excluding carboxylic acids is 1. The van der Waals surface area contributed by atoms with E-state index in [1.54, 1.807) is 0 Å². The number of hydrogen-bond donors (Lipinski definition) is 0. The van der Waals surface area contributed by atoms with Gasteiger partial charge in [-0.3, -0.25) is 4.79 Å². The summed E-state index contributed by atoms with van der Waals surface area (Å²) < 4.78 is 29.7. The summed E-state index contributed by atoms with van der Waals surface area (Å²) >= 11 is 0. The molecule has 26 heavy (non-hydrogen) atoms. The third-order valence-electron chi connectivity index (χ3n) is 4.70. The first-order valence-corrected chi connectivity index (χ1v) is 8.62. The average molecular weight is 352 g/mol. The molecule has 0 spiro atoms. The highest BCUT2D eigenvalue weighted by Crippen LogP contribution is 2.31. The molecule has 2 heterocycles. The zero-order valence-corrected chi connectivity index (χ0v) is 14.2. The molecule has 1 aromatic heterocycles. The second-order valence-corrected chi connectivity index (χ2v) is 6.48. The van der Waals surface area contributed by atoms with Gasteiger partial charge < -0.3 is 9.47 Å². The second-order valence-electron chi connectivity index (χ2n) is 6.48. The van der Waals surface area contributed by atoms with E-state index in [1.807, 2.05) is 53.4 Å². The fourth-order valence-electron chi connectivity index (χ4n) is 3.46. The molecule has 132 valence electrons. The van der Waals surface area contributed by atoms with Crippen LogP contribution in [0, 0.1) is 11.6 Å². The second kappa shape index (κ2) is 6.75. The lowest BCUT2D eigenvalue weighted by molar-refractivity contribution is -0.118. The molecule has 0 fully saturated rings. The van der Waals surface area contributed by atoms with Crippen LogP contribution in [0.25, 0.3) is 5.69 Å². The molecule has 0 bridgehead atoms. The maximum atomic E-state index is 14.3. The van der Waals surface area contributed by atoms with Crippen LogP contribution in [0.15, 0.2) is 60.9 Å². The number of anilines is 1. The van der Waals surface area contributed by atoms with E-state index in [2.05, 4.69) is 0 Å². The van der Waals surface area contributed by atoms with E-state index in [4.69, 9.17) is 0 Å². The first kappa shape index (κ1) is 16.5. The molecule has 0 atom stereocenters. The summed E-state index contributed by atoms with van der Waals surface area (Å²) in [7, 11) is 0. The Kier molecular flexibility index (Phi) is 4.29. The third kappa shape index (κ3) is 3.12. The fourth-order valence-corrected chi connectivity index (χ4v) is 3.46. The molecule has 4 rings (SSSR count). The van der Waals surface area contributed by atoms with Gasteiger partial charge in [-0.2, -0.15) is 0 Å². The molecule has 2 aromatic carbocycles. The third-order valence-corrected chi connectivity index (χ3v) is 4.70. The van der Waals surface area contributed by atoms with Crippen molar-refractivity contribution in [1.82, 2.24) is 4.57 Å². The molecule has 0 radical (unpaired) electrons. The SMILES string of the molecule is O=C(Cc1ccc(-n2cccc2)cc1)N1CCCc2cc(F)cc(F)c21. The number of amides is 1. The van der Waals surface area contributed by atoms with E-state index in [0.717, 1.165) is 17.3 Å². The quantitative estimate of drug-likeness (QED) is 0.691. The van der Waals surface area contributed by atoms with Crippen LogP contribution in [0.2, 0.25) is 0 Å². The summed E-state index contributed by atoms with van der Waals surface area (Å²) in [6, 6.07) is 13.8. The molecular weight excluding hydrogens is 334 g/mol. The van der Waals surface area contributed by atoms with Gasteiger partial charge in [-0.05, 0) is 54.3 Å². The molecule has 0 unspecified atom stereocenters. The van der Waals surface area contributed by atoms with Crippen molar-refractivity contribution >= 4 is 11.6 Å². The zero-order valence-electron chi connectivity index (χ0n) is 14.2. The molecule has 0 aliphatic carbocycles. The highest BCUT2D eigenvalue weighted by Gasteiger charge is 2.26. The topological polar surface area (TPSA) is 25.2 Å². The van der Waals surface area contributed by atoms with Gasteiger partial charge in [-0.25, -0.2) is 8.78 Å².